The minimum atomic E-state index is -3.10. The molecule has 0 aliphatic carbocycles. The highest BCUT2D eigenvalue weighted by atomic mass is 32.2. The lowest BCUT2D eigenvalue weighted by molar-refractivity contribution is 0.0666. The van der Waals surface area contributed by atoms with Crippen molar-refractivity contribution in [1.82, 2.24) is 4.90 Å². The number of sulfone groups is 1. The summed E-state index contributed by atoms with van der Waals surface area (Å²) in [5.74, 6) is 1.27. The molecule has 1 aliphatic rings. The van der Waals surface area contributed by atoms with Crippen LogP contribution in [0.1, 0.15) is 42.3 Å². The minimum absolute atomic E-state index is 0.00232. The first-order valence-corrected chi connectivity index (χ1v) is 11.1. The maximum atomic E-state index is 13.1. The first kappa shape index (κ1) is 19.5. The van der Waals surface area contributed by atoms with Gasteiger partial charge in [-0.25, -0.2) is 8.42 Å². The molecule has 0 bridgehead atoms. The van der Waals surface area contributed by atoms with E-state index in [1.165, 1.54) is 0 Å². The smallest absolute Gasteiger partial charge is 0.254 e. The summed E-state index contributed by atoms with van der Waals surface area (Å²) in [6.45, 7) is 3.00. The number of hydrogen-bond donors (Lipinski definition) is 0. The highest BCUT2D eigenvalue weighted by Gasteiger charge is 2.35. The molecule has 7 heteroatoms. The van der Waals surface area contributed by atoms with Crippen molar-refractivity contribution in [2.75, 3.05) is 18.1 Å². The van der Waals surface area contributed by atoms with Gasteiger partial charge in [0.25, 0.3) is 5.91 Å². The van der Waals surface area contributed by atoms with Crippen LogP contribution in [-0.2, 0) is 16.4 Å². The van der Waals surface area contributed by atoms with Crippen molar-refractivity contribution in [2.45, 2.75) is 38.8 Å². The first-order valence-electron chi connectivity index (χ1n) is 9.25. The quantitative estimate of drug-likeness (QED) is 0.646. The van der Waals surface area contributed by atoms with Gasteiger partial charge in [-0.3, -0.25) is 4.79 Å². The zero-order valence-electron chi connectivity index (χ0n) is 15.5. The molecule has 146 valence electrons. The van der Waals surface area contributed by atoms with Crippen molar-refractivity contribution in [3.05, 3.63) is 54.0 Å². The van der Waals surface area contributed by atoms with Crippen LogP contribution in [0.25, 0.3) is 0 Å². The predicted molar refractivity (Wildman–Crippen MR) is 102 cm³/mol. The van der Waals surface area contributed by atoms with Crippen LogP contribution in [-0.4, -0.2) is 43.4 Å². The molecule has 1 amide bonds. The van der Waals surface area contributed by atoms with E-state index in [2.05, 4.69) is 6.92 Å². The Balaban J connectivity index is 1.76. The third kappa shape index (κ3) is 5.13. The molecule has 3 rings (SSSR count). The number of benzene rings is 1. The van der Waals surface area contributed by atoms with Crippen molar-refractivity contribution in [1.29, 1.82) is 0 Å². The van der Waals surface area contributed by atoms with Crippen molar-refractivity contribution in [3.63, 3.8) is 0 Å². The molecule has 1 aromatic heterocycles. The number of carbonyl (C=O) groups excluding carboxylic acids is 1. The molecule has 0 N–H and O–H groups in total. The second kappa shape index (κ2) is 8.61. The van der Waals surface area contributed by atoms with Gasteiger partial charge in [-0.2, -0.15) is 0 Å². The van der Waals surface area contributed by atoms with Crippen LogP contribution in [0.2, 0.25) is 0 Å². The molecule has 1 aromatic carbocycles. The number of unbranched alkanes of at least 4 members (excludes halogenated alkanes) is 1. The summed E-state index contributed by atoms with van der Waals surface area (Å²) in [6.07, 6.45) is 4.04. The number of ether oxygens (including phenoxy) is 1. The van der Waals surface area contributed by atoms with E-state index < -0.39 is 9.84 Å². The Morgan fingerprint density at radius 3 is 2.63 bits per heavy atom. The lowest BCUT2D eigenvalue weighted by Crippen LogP contribution is -2.40. The summed E-state index contributed by atoms with van der Waals surface area (Å²) in [5, 5.41) is 0. The molecule has 1 fully saturated rings. The zero-order chi connectivity index (χ0) is 19.3. The molecular weight excluding hydrogens is 366 g/mol. The number of hydrogen-bond acceptors (Lipinski definition) is 5. The van der Waals surface area contributed by atoms with Crippen molar-refractivity contribution < 1.29 is 22.4 Å². The Labute approximate surface area is 160 Å². The van der Waals surface area contributed by atoms with E-state index in [4.69, 9.17) is 9.15 Å². The molecule has 0 spiro atoms. The first-order chi connectivity index (χ1) is 13.0. The fourth-order valence-electron chi connectivity index (χ4n) is 3.15. The lowest BCUT2D eigenvalue weighted by atomic mass is 10.1. The summed E-state index contributed by atoms with van der Waals surface area (Å²) in [4.78, 5) is 14.7. The molecular formula is C20H25NO5S. The minimum Gasteiger partial charge on any atom is -0.494 e. The highest BCUT2D eigenvalue weighted by molar-refractivity contribution is 7.91. The van der Waals surface area contributed by atoms with E-state index in [-0.39, 0.29) is 30.0 Å². The maximum absolute atomic E-state index is 13.1. The van der Waals surface area contributed by atoms with Gasteiger partial charge in [0.2, 0.25) is 0 Å². The Morgan fingerprint density at radius 2 is 2.04 bits per heavy atom. The van der Waals surface area contributed by atoms with Gasteiger partial charge in [0.1, 0.15) is 11.5 Å². The summed E-state index contributed by atoms with van der Waals surface area (Å²) >= 11 is 0. The average Bonchev–Trinajstić information content (AvgIpc) is 3.29. The van der Waals surface area contributed by atoms with E-state index in [1.807, 2.05) is 0 Å². The largest absolute Gasteiger partial charge is 0.494 e. The molecule has 0 radical (unpaired) electrons. The highest BCUT2D eigenvalue weighted by Crippen LogP contribution is 2.23. The van der Waals surface area contributed by atoms with Crippen LogP contribution in [0.5, 0.6) is 5.75 Å². The lowest BCUT2D eigenvalue weighted by Gasteiger charge is -2.27. The molecule has 2 heterocycles. The molecule has 1 saturated heterocycles. The van der Waals surface area contributed by atoms with Crippen LogP contribution in [0.4, 0.5) is 0 Å². The molecule has 1 atom stereocenters. The van der Waals surface area contributed by atoms with Gasteiger partial charge in [0.05, 0.1) is 30.9 Å². The molecule has 6 nitrogen and oxygen atoms in total. The standard InChI is InChI=1S/C20H25NO5S/c1-2-3-11-25-18-8-6-16(7-9-18)20(22)21(14-19-5-4-12-26-19)17-10-13-27(23,24)15-17/h4-9,12,17H,2-3,10-11,13-15H2,1H3/t17-/m0/s1. The third-order valence-electron chi connectivity index (χ3n) is 4.68. The summed E-state index contributed by atoms with van der Waals surface area (Å²) in [6, 6.07) is 10.2. The monoisotopic (exact) mass is 391 g/mol. The van der Waals surface area contributed by atoms with Crippen LogP contribution >= 0.6 is 0 Å². The SMILES string of the molecule is CCCCOc1ccc(C(=O)N(Cc2ccco2)[C@H]2CCS(=O)(=O)C2)cc1. The second-order valence-electron chi connectivity index (χ2n) is 6.80. The summed E-state index contributed by atoms with van der Waals surface area (Å²) < 4.78 is 34.8. The van der Waals surface area contributed by atoms with Crippen LogP contribution in [0.15, 0.2) is 47.1 Å². The molecule has 27 heavy (non-hydrogen) atoms. The van der Waals surface area contributed by atoms with E-state index in [0.717, 1.165) is 18.6 Å². The number of rotatable bonds is 8. The number of furan rings is 1. The Kier molecular flexibility index (Phi) is 6.21. The van der Waals surface area contributed by atoms with Gasteiger partial charge in [-0.1, -0.05) is 13.3 Å². The van der Waals surface area contributed by atoms with Gasteiger partial charge in [0, 0.05) is 11.6 Å². The Hall–Kier alpha value is -2.28. The second-order valence-corrected chi connectivity index (χ2v) is 9.02. The third-order valence-corrected chi connectivity index (χ3v) is 6.43. The normalized spacial score (nSPS) is 18.3. The maximum Gasteiger partial charge on any atom is 0.254 e. The number of carbonyl (C=O) groups is 1. The Morgan fingerprint density at radius 1 is 1.26 bits per heavy atom. The number of nitrogens with zero attached hydrogens (tertiary/aromatic N) is 1. The topological polar surface area (TPSA) is 76.8 Å². The van der Waals surface area contributed by atoms with E-state index in [9.17, 15) is 13.2 Å². The average molecular weight is 391 g/mol. The van der Waals surface area contributed by atoms with Crippen LogP contribution in [0, 0.1) is 0 Å². The summed E-state index contributed by atoms with van der Waals surface area (Å²) in [7, 11) is -3.10. The fraction of sp³-hybridized carbons (Fsp3) is 0.450. The van der Waals surface area contributed by atoms with Gasteiger partial charge in [0.15, 0.2) is 9.84 Å². The molecule has 0 unspecified atom stereocenters. The van der Waals surface area contributed by atoms with Gasteiger partial charge in [-0.05, 0) is 49.2 Å². The zero-order valence-corrected chi connectivity index (χ0v) is 16.3. The van der Waals surface area contributed by atoms with Crippen LogP contribution in [0.3, 0.4) is 0 Å². The van der Waals surface area contributed by atoms with Crippen LogP contribution < -0.4 is 4.74 Å². The van der Waals surface area contributed by atoms with E-state index >= 15 is 0 Å². The predicted octanol–water partition coefficient (Wildman–Crippen LogP) is 3.29. The molecule has 0 saturated carbocycles. The van der Waals surface area contributed by atoms with E-state index in [1.54, 1.807) is 47.6 Å². The number of amides is 1. The molecule has 1 aliphatic heterocycles. The van der Waals surface area contributed by atoms with Crippen molar-refractivity contribution in [2.24, 2.45) is 0 Å². The van der Waals surface area contributed by atoms with Crippen molar-refractivity contribution in [3.8, 4) is 5.75 Å². The molecule has 2 aromatic rings. The Bertz CT molecular complexity index is 843. The van der Waals surface area contributed by atoms with Gasteiger partial charge in [-0.15, -0.1) is 0 Å². The van der Waals surface area contributed by atoms with E-state index in [0.29, 0.717) is 24.4 Å². The van der Waals surface area contributed by atoms with Gasteiger partial charge < -0.3 is 14.1 Å². The fourth-order valence-corrected chi connectivity index (χ4v) is 4.88. The summed E-state index contributed by atoms with van der Waals surface area (Å²) in [5.41, 5.74) is 0.508. The van der Waals surface area contributed by atoms with Crippen molar-refractivity contribution >= 4 is 15.7 Å². The van der Waals surface area contributed by atoms with Gasteiger partial charge >= 0.3 is 0 Å².